The molecule has 1 aromatic rings. The number of piperidine rings is 1. The summed E-state index contributed by atoms with van der Waals surface area (Å²) in [5.74, 6) is -0.636. The second kappa shape index (κ2) is 8.09. The molecule has 0 amide bonds. The lowest BCUT2D eigenvalue weighted by atomic mass is 9.80. The van der Waals surface area contributed by atoms with Crippen molar-refractivity contribution in [1.29, 1.82) is 0 Å². The Hall–Kier alpha value is -1.07. The minimum atomic E-state index is -0.666. The molecule has 0 aromatic heterocycles. The highest BCUT2D eigenvalue weighted by atomic mass is 35.5. The van der Waals surface area contributed by atoms with E-state index in [2.05, 4.69) is 11.0 Å². The molecule has 2 atom stereocenters. The van der Waals surface area contributed by atoms with Crippen molar-refractivity contribution in [2.45, 2.75) is 37.6 Å². The summed E-state index contributed by atoms with van der Waals surface area (Å²) < 4.78 is 0. The van der Waals surface area contributed by atoms with Crippen LogP contribution in [-0.2, 0) is 4.79 Å². The first kappa shape index (κ1) is 18.7. The van der Waals surface area contributed by atoms with Crippen molar-refractivity contribution in [1.82, 2.24) is 4.90 Å². The molecule has 3 N–H and O–H groups in total. The van der Waals surface area contributed by atoms with Crippen LogP contribution < -0.4 is 5.73 Å². The number of likely N-dealkylation sites (tertiary alicyclic amines) is 1. The molecule has 0 spiro atoms. The van der Waals surface area contributed by atoms with Crippen molar-refractivity contribution in [3.8, 4) is 0 Å². The van der Waals surface area contributed by atoms with E-state index in [1.165, 1.54) is 5.57 Å². The Bertz CT molecular complexity index is 669. The minimum absolute atomic E-state index is 0.0373. The molecule has 1 aliphatic carbocycles. The highest BCUT2D eigenvalue weighted by Crippen LogP contribution is 2.36. The number of allylic oxidation sites excluding steroid dienone is 1. The van der Waals surface area contributed by atoms with Gasteiger partial charge in [-0.15, -0.1) is 0 Å². The Morgan fingerprint density at radius 2 is 2.00 bits per heavy atom. The molecule has 1 aliphatic heterocycles. The monoisotopic (exact) mass is 382 g/mol. The van der Waals surface area contributed by atoms with Crippen molar-refractivity contribution >= 4 is 29.2 Å². The number of carboxylic acids is 1. The van der Waals surface area contributed by atoms with Gasteiger partial charge in [-0.05, 0) is 56.5 Å². The molecule has 2 aliphatic rings. The largest absolute Gasteiger partial charge is 0.481 e. The van der Waals surface area contributed by atoms with Gasteiger partial charge in [0.1, 0.15) is 0 Å². The van der Waals surface area contributed by atoms with Crippen LogP contribution in [0.5, 0.6) is 0 Å². The van der Waals surface area contributed by atoms with Crippen molar-refractivity contribution < 1.29 is 9.90 Å². The maximum atomic E-state index is 11.0. The number of hydrogen-bond acceptors (Lipinski definition) is 3. The predicted molar refractivity (Wildman–Crippen MR) is 101 cm³/mol. The van der Waals surface area contributed by atoms with Crippen LogP contribution in [0, 0.1) is 5.92 Å². The van der Waals surface area contributed by atoms with Crippen LogP contribution in [0.25, 0.3) is 0 Å². The number of hydrogen-bond donors (Lipinski definition) is 2. The molecule has 3 rings (SSSR count). The third kappa shape index (κ3) is 4.56. The summed E-state index contributed by atoms with van der Waals surface area (Å²) in [4.78, 5) is 13.4. The number of carbonyl (C=O) groups is 1. The minimum Gasteiger partial charge on any atom is -0.481 e. The number of rotatable bonds is 4. The summed E-state index contributed by atoms with van der Waals surface area (Å²) in [6, 6.07) is 5.65. The van der Waals surface area contributed by atoms with Gasteiger partial charge in [0, 0.05) is 28.5 Å². The fraction of sp³-hybridized carbons (Fsp3) is 0.526. The lowest BCUT2D eigenvalue weighted by Crippen LogP contribution is -2.39. The molecule has 136 valence electrons. The molecule has 0 unspecified atom stereocenters. The first-order chi connectivity index (χ1) is 11.9. The van der Waals surface area contributed by atoms with Gasteiger partial charge < -0.3 is 10.8 Å². The van der Waals surface area contributed by atoms with Gasteiger partial charge in [-0.3, -0.25) is 9.69 Å². The van der Waals surface area contributed by atoms with Crippen molar-refractivity contribution in [3.05, 3.63) is 45.5 Å². The van der Waals surface area contributed by atoms with E-state index in [0.717, 1.165) is 50.9 Å². The quantitative estimate of drug-likeness (QED) is 0.774. The number of carboxylic acid groups (broad SMARTS) is 1. The molecular formula is C19H24Cl2N2O2. The van der Waals surface area contributed by atoms with Gasteiger partial charge in [-0.25, -0.2) is 0 Å². The van der Waals surface area contributed by atoms with Gasteiger partial charge in [0.2, 0.25) is 0 Å². The molecule has 1 aromatic carbocycles. The standard InChI is InChI=1S/C19H24Cl2N2O2/c20-14-2-4-15(17(21)10-14)16-3-1-12(9-18(16)22)11-23-7-5-13(6-8-23)19(24)25/h1-2,4,10,13,16,18H,3,5-9,11,22H2,(H,24,25)/t16-,18+/m1/s1. The van der Waals surface area contributed by atoms with Crippen molar-refractivity contribution in [3.63, 3.8) is 0 Å². The average Bonchev–Trinajstić information content (AvgIpc) is 2.56. The molecule has 1 heterocycles. The number of nitrogens with two attached hydrogens (primary N) is 1. The molecule has 0 radical (unpaired) electrons. The van der Waals surface area contributed by atoms with E-state index < -0.39 is 5.97 Å². The van der Waals surface area contributed by atoms with Crippen LogP contribution in [-0.4, -0.2) is 41.7 Å². The fourth-order valence-corrected chi connectivity index (χ4v) is 4.46. The van der Waals surface area contributed by atoms with Crippen molar-refractivity contribution in [2.24, 2.45) is 11.7 Å². The van der Waals surface area contributed by atoms with Gasteiger partial charge in [-0.2, -0.15) is 0 Å². The number of halogens is 2. The maximum absolute atomic E-state index is 11.0. The van der Waals surface area contributed by atoms with E-state index in [1.54, 1.807) is 6.07 Å². The Morgan fingerprint density at radius 1 is 1.28 bits per heavy atom. The molecule has 1 fully saturated rings. The van der Waals surface area contributed by atoms with Crippen LogP contribution in [0.1, 0.15) is 37.2 Å². The third-order valence-corrected chi connectivity index (χ3v) is 5.96. The van der Waals surface area contributed by atoms with Crippen LogP contribution in [0.15, 0.2) is 29.8 Å². The van der Waals surface area contributed by atoms with Gasteiger partial charge in [0.15, 0.2) is 0 Å². The molecule has 1 saturated heterocycles. The van der Waals surface area contributed by atoms with Crippen LogP contribution in [0.4, 0.5) is 0 Å². The van der Waals surface area contributed by atoms with Crippen LogP contribution >= 0.6 is 23.2 Å². The first-order valence-electron chi connectivity index (χ1n) is 8.77. The average molecular weight is 383 g/mol. The normalized spacial score (nSPS) is 25.6. The van der Waals surface area contributed by atoms with E-state index in [9.17, 15) is 4.79 Å². The van der Waals surface area contributed by atoms with Gasteiger partial charge in [0.25, 0.3) is 0 Å². The summed E-state index contributed by atoms with van der Waals surface area (Å²) in [5.41, 5.74) is 8.86. The van der Waals surface area contributed by atoms with E-state index in [-0.39, 0.29) is 17.9 Å². The van der Waals surface area contributed by atoms with Gasteiger partial charge in [-0.1, -0.05) is 40.9 Å². The third-order valence-electron chi connectivity index (χ3n) is 5.40. The van der Waals surface area contributed by atoms with Crippen LogP contribution in [0.3, 0.4) is 0 Å². The van der Waals surface area contributed by atoms with E-state index in [4.69, 9.17) is 34.0 Å². The summed E-state index contributed by atoms with van der Waals surface area (Å²) in [7, 11) is 0. The zero-order valence-corrected chi connectivity index (χ0v) is 15.6. The second-order valence-corrected chi connectivity index (χ2v) is 7.97. The second-order valence-electron chi connectivity index (χ2n) is 7.13. The number of nitrogens with zero attached hydrogens (tertiary/aromatic N) is 1. The smallest absolute Gasteiger partial charge is 0.306 e. The van der Waals surface area contributed by atoms with Crippen molar-refractivity contribution in [2.75, 3.05) is 19.6 Å². The number of benzene rings is 1. The highest BCUT2D eigenvalue weighted by molar-refractivity contribution is 6.35. The van der Waals surface area contributed by atoms with E-state index >= 15 is 0 Å². The molecular weight excluding hydrogens is 359 g/mol. The summed E-state index contributed by atoms with van der Waals surface area (Å²) in [6.45, 7) is 2.58. The maximum Gasteiger partial charge on any atom is 0.306 e. The van der Waals surface area contributed by atoms with E-state index in [1.807, 2.05) is 12.1 Å². The zero-order chi connectivity index (χ0) is 18.0. The fourth-order valence-electron chi connectivity index (χ4n) is 3.91. The molecule has 4 nitrogen and oxygen atoms in total. The topological polar surface area (TPSA) is 66.6 Å². The number of aliphatic carboxylic acids is 1. The van der Waals surface area contributed by atoms with Gasteiger partial charge >= 0.3 is 5.97 Å². The Labute approximate surface area is 158 Å². The van der Waals surface area contributed by atoms with E-state index in [0.29, 0.717) is 10.0 Å². The lowest BCUT2D eigenvalue weighted by Gasteiger charge is -2.34. The Morgan fingerprint density at radius 3 is 2.60 bits per heavy atom. The Kier molecular flexibility index (Phi) is 6.05. The SMILES string of the molecule is N[C@H]1CC(CN2CCC(C(=O)O)CC2)=CC[C@@H]1c1ccc(Cl)cc1Cl. The molecule has 6 heteroatoms. The molecule has 25 heavy (non-hydrogen) atoms. The lowest BCUT2D eigenvalue weighted by molar-refractivity contribution is -0.143. The predicted octanol–water partition coefficient (Wildman–Crippen LogP) is 3.92. The summed E-state index contributed by atoms with van der Waals surface area (Å²) >= 11 is 12.3. The first-order valence-corrected chi connectivity index (χ1v) is 9.53. The van der Waals surface area contributed by atoms with Crippen LogP contribution in [0.2, 0.25) is 10.0 Å². The molecule has 0 bridgehead atoms. The summed E-state index contributed by atoms with van der Waals surface area (Å²) in [5, 5.41) is 10.4. The highest BCUT2D eigenvalue weighted by Gasteiger charge is 2.28. The molecule has 0 saturated carbocycles. The zero-order valence-electron chi connectivity index (χ0n) is 14.1. The summed E-state index contributed by atoms with van der Waals surface area (Å²) in [6.07, 6.45) is 5.48. The van der Waals surface area contributed by atoms with Gasteiger partial charge in [0.05, 0.1) is 5.92 Å². The Balaban J connectivity index is 1.59.